The summed E-state index contributed by atoms with van der Waals surface area (Å²) in [5.74, 6) is 0.102. The molecule has 0 aliphatic heterocycles. The van der Waals surface area contributed by atoms with Crippen molar-refractivity contribution < 1.29 is 27.0 Å². The normalized spacial score (nSPS) is 11.3. The van der Waals surface area contributed by atoms with E-state index in [1.54, 1.807) is 12.1 Å². The molecule has 1 aromatic carbocycles. The summed E-state index contributed by atoms with van der Waals surface area (Å²) in [6, 6.07) is 11.2. The largest absolute Gasteiger partial charge is 0.496 e. The van der Waals surface area contributed by atoms with Crippen LogP contribution in [0.15, 0.2) is 54.7 Å². The first-order valence-corrected chi connectivity index (χ1v) is 7.82. The van der Waals surface area contributed by atoms with Gasteiger partial charge in [0.15, 0.2) is 0 Å². The highest BCUT2D eigenvalue weighted by Crippen LogP contribution is 2.32. The summed E-state index contributed by atoms with van der Waals surface area (Å²) in [5, 5.41) is 0. The highest BCUT2D eigenvalue weighted by Gasteiger charge is 2.32. The molecule has 27 heavy (non-hydrogen) atoms. The van der Waals surface area contributed by atoms with Crippen molar-refractivity contribution >= 4 is 0 Å². The number of alkyl halides is 3. The van der Waals surface area contributed by atoms with Crippen LogP contribution in [0.4, 0.5) is 17.6 Å². The molecule has 8 heteroatoms. The first-order valence-electron chi connectivity index (χ1n) is 7.82. The number of nitrogens with zero attached hydrogens (tertiary/aromatic N) is 2. The van der Waals surface area contributed by atoms with Crippen LogP contribution in [-0.4, -0.2) is 17.1 Å². The molecule has 2 heterocycles. The van der Waals surface area contributed by atoms with Gasteiger partial charge in [0.1, 0.15) is 23.9 Å². The Kier molecular flexibility index (Phi) is 5.25. The van der Waals surface area contributed by atoms with Crippen LogP contribution in [0.1, 0.15) is 11.3 Å². The van der Waals surface area contributed by atoms with Crippen molar-refractivity contribution in [2.45, 2.75) is 12.8 Å². The number of pyridine rings is 2. The van der Waals surface area contributed by atoms with Crippen molar-refractivity contribution in [2.75, 3.05) is 7.11 Å². The predicted octanol–water partition coefficient (Wildman–Crippen LogP) is 4.89. The second-order valence-corrected chi connectivity index (χ2v) is 5.58. The van der Waals surface area contributed by atoms with Crippen molar-refractivity contribution in [2.24, 2.45) is 0 Å². The molecule has 0 bridgehead atoms. The maximum Gasteiger partial charge on any atom is 0.433 e. The Bertz CT molecular complexity index is 945. The van der Waals surface area contributed by atoms with Crippen molar-refractivity contribution in [1.82, 2.24) is 9.97 Å². The molecule has 0 fully saturated rings. The fraction of sp³-hybridized carbons (Fsp3) is 0.158. The summed E-state index contributed by atoms with van der Waals surface area (Å²) in [7, 11) is 1.42. The van der Waals surface area contributed by atoms with Gasteiger partial charge in [-0.05, 0) is 29.8 Å². The molecule has 0 amide bonds. The van der Waals surface area contributed by atoms with Gasteiger partial charge in [0.25, 0.3) is 0 Å². The van der Waals surface area contributed by atoms with Gasteiger partial charge >= 0.3 is 6.18 Å². The van der Waals surface area contributed by atoms with Crippen LogP contribution in [0, 0.1) is 5.82 Å². The SMILES string of the molecule is COc1cc(OCc2cccc(F)c2)nc(-c2ccnc(C(F)(F)F)c2)c1. The lowest BCUT2D eigenvalue weighted by Crippen LogP contribution is -2.07. The van der Waals surface area contributed by atoms with Gasteiger partial charge in [-0.25, -0.2) is 9.37 Å². The van der Waals surface area contributed by atoms with Crippen molar-refractivity contribution in [3.8, 4) is 22.9 Å². The van der Waals surface area contributed by atoms with Crippen LogP contribution in [0.3, 0.4) is 0 Å². The van der Waals surface area contributed by atoms with Crippen molar-refractivity contribution in [3.05, 3.63) is 71.8 Å². The average Bonchev–Trinajstić information content (AvgIpc) is 2.65. The molecule has 3 aromatic rings. The summed E-state index contributed by atoms with van der Waals surface area (Å²) < 4.78 is 62.6. The molecule has 2 aromatic heterocycles. The smallest absolute Gasteiger partial charge is 0.433 e. The summed E-state index contributed by atoms with van der Waals surface area (Å²) in [6.45, 7) is 0.0432. The second kappa shape index (κ2) is 7.61. The molecule has 0 N–H and O–H groups in total. The van der Waals surface area contributed by atoms with Crippen molar-refractivity contribution in [1.29, 1.82) is 0 Å². The minimum absolute atomic E-state index is 0.0432. The lowest BCUT2D eigenvalue weighted by atomic mass is 10.1. The number of benzene rings is 1. The highest BCUT2D eigenvalue weighted by molar-refractivity contribution is 5.62. The Morgan fingerprint density at radius 2 is 1.85 bits per heavy atom. The van der Waals surface area contributed by atoms with Gasteiger partial charge < -0.3 is 9.47 Å². The second-order valence-electron chi connectivity index (χ2n) is 5.58. The molecular formula is C19H14F4N2O2. The molecule has 0 saturated heterocycles. The maximum absolute atomic E-state index is 13.2. The maximum atomic E-state index is 13.2. The zero-order chi connectivity index (χ0) is 19.4. The predicted molar refractivity (Wildman–Crippen MR) is 89.8 cm³/mol. The molecule has 0 atom stereocenters. The summed E-state index contributed by atoms with van der Waals surface area (Å²) in [5.41, 5.74) is 0.0135. The molecule has 3 rings (SSSR count). The van der Waals surface area contributed by atoms with E-state index in [2.05, 4.69) is 9.97 Å². The van der Waals surface area contributed by atoms with E-state index in [4.69, 9.17) is 9.47 Å². The number of aromatic nitrogens is 2. The molecule has 4 nitrogen and oxygen atoms in total. The van der Waals surface area contributed by atoms with Gasteiger partial charge in [0.05, 0.1) is 12.8 Å². The molecule has 0 aliphatic rings. The third-order valence-corrected chi connectivity index (χ3v) is 3.63. The number of halogens is 4. The van der Waals surface area contributed by atoms with E-state index in [-0.39, 0.29) is 23.7 Å². The lowest BCUT2D eigenvalue weighted by Gasteiger charge is -2.11. The fourth-order valence-corrected chi connectivity index (χ4v) is 2.35. The minimum atomic E-state index is -4.56. The standard InChI is InChI=1S/C19H14F4N2O2/c1-26-15-9-16(13-5-6-24-17(8-13)19(21,22)23)25-18(10-15)27-11-12-3-2-4-14(20)7-12/h2-10H,11H2,1H3. The highest BCUT2D eigenvalue weighted by atomic mass is 19.4. The van der Waals surface area contributed by atoms with Gasteiger partial charge in [0, 0.05) is 23.9 Å². The van der Waals surface area contributed by atoms with Crippen LogP contribution >= 0.6 is 0 Å². The molecule has 0 radical (unpaired) electrons. The molecule has 140 valence electrons. The fourth-order valence-electron chi connectivity index (χ4n) is 2.35. The van der Waals surface area contributed by atoms with E-state index < -0.39 is 17.7 Å². The molecular weight excluding hydrogens is 364 g/mol. The van der Waals surface area contributed by atoms with Crippen LogP contribution in [-0.2, 0) is 12.8 Å². The number of ether oxygens (including phenoxy) is 2. The Morgan fingerprint density at radius 3 is 2.56 bits per heavy atom. The molecule has 0 unspecified atom stereocenters. The van der Waals surface area contributed by atoms with E-state index in [9.17, 15) is 17.6 Å². The summed E-state index contributed by atoms with van der Waals surface area (Å²) >= 11 is 0. The number of methoxy groups -OCH3 is 1. The third kappa shape index (κ3) is 4.72. The van der Waals surface area contributed by atoms with E-state index in [0.29, 0.717) is 11.3 Å². The first-order chi connectivity index (χ1) is 12.8. The van der Waals surface area contributed by atoms with E-state index in [1.807, 2.05) is 0 Å². The topological polar surface area (TPSA) is 44.2 Å². The van der Waals surface area contributed by atoms with Crippen LogP contribution in [0.5, 0.6) is 11.6 Å². The van der Waals surface area contributed by atoms with Crippen LogP contribution < -0.4 is 9.47 Å². The van der Waals surface area contributed by atoms with Gasteiger partial charge in [-0.2, -0.15) is 13.2 Å². The number of hydrogen-bond donors (Lipinski definition) is 0. The molecule has 0 aliphatic carbocycles. The third-order valence-electron chi connectivity index (χ3n) is 3.63. The van der Waals surface area contributed by atoms with Crippen LogP contribution in [0.2, 0.25) is 0 Å². The molecule has 0 saturated carbocycles. The zero-order valence-corrected chi connectivity index (χ0v) is 14.1. The van der Waals surface area contributed by atoms with E-state index in [1.165, 1.54) is 37.4 Å². The number of hydrogen-bond acceptors (Lipinski definition) is 4. The van der Waals surface area contributed by atoms with Crippen LogP contribution in [0.25, 0.3) is 11.3 Å². The van der Waals surface area contributed by atoms with Gasteiger partial charge in [0.2, 0.25) is 5.88 Å². The Hall–Kier alpha value is -3.16. The van der Waals surface area contributed by atoms with Gasteiger partial charge in [-0.1, -0.05) is 12.1 Å². The van der Waals surface area contributed by atoms with Gasteiger partial charge in [-0.3, -0.25) is 4.98 Å². The Morgan fingerprint density at radius 1 is 1.04 bits per heavy atom. The molecule has 0 spiro atoms. The van der Waals surface area contributed by atoms with Gasteiger partial charge in [-0.15, -0.1) is 0 Å². The first kappa shape index (κ1) is 18.6. The quantitative estimate of drug-likeness (QED) is 0.593. The van der Waals surface area contributed by atoms with E-state index >= 15 is 0 Å². The number of rotatable bonds is 5. The average molecular weight is 378 g/mol. The summed E-state index contributed by atoms with van der Waals surface area (Å²) in [6.07, 6.45) is -3.50. The Labute approximate surface area is 152 Å². The van der Waals surface area contributed by atoms with Crippen molar-refractivity contribution in [3.63, 3.8) is 0 Å². The summed E-state index contributed by atoms with van der Waals surface area (Å²) in [4.78, 5) is 7.56. The minimum Gasteiger partial charge on any atom is -0.496 e. The lowest BCUT2D eigenvalue weighted by molar-refractivity contribution is -0.141. The monoisotopic (exact) mass is 378 g/mol. The van der Waals surface area contributed by atoms with E-state index in [0.717, 1.165) is 12.3 Å². The Balaban J connectivity index is 1.90. The zero-order valence-electron chi connectivity index (χ0n) is 14.1.